The van der Waals surface area contributed by atoms with E-state index in [1.54, 1.807) is 7.11 Å². The summed E-state index contributed by atoms with van der Waals surface area (Å²) in [5.74, 6) is 0. The highest BCUT2D eigenvalue weighted by atomic mass is 79.9. The molecule has 100 valence electrons. The van der Waals surface area contributed by atoms with Gasteiger partial charge in [-0.3, -0.25) is 0 Å². The SMILES string of the molecule is COC1CCCN(c2cc(Br)ccc2CCN)C1. The van der Waals surface area contributed by atoms with E-state index >= 15 is 0 Å². The maximum atomic E-state index is 5.70. The largest absolute Gasteiger partial charge is 0.380 e. The molecule has 1 unspecified atom stereocenters. The molecule has 0 amide bonds. The first-order valence-corrected chi connectivity index (χ1v) is 7.30. The van der Waals surface area contributed by atoms with Crippen LogP contribution >= 0.6 is 15.9 Å². The molecule has 1 aliphatic rings. The predicted molar refractivity (Wildman–Crippen MR) is 79.1 cm³/mol. The molecule has 2 N–H and O–H groups in total. The Morgan fingerprint density at radius 1 is 1.50 bits per heavy atom. The van der Waals surface area contributed by atoms with Gasteiger partial charge in [0.05, 0.1) is 6.10 Å². The first kappa shape index (κ1) is 13.8. The van der Waals surface area contributed by atoms with Crippen LogP contribution in [0.1, 0.15) is 18.4 Å². The minimum Gasteiger partial charge on any atom is -0.380 e. The molecule has 18 heavy (non-hydrogen) atoms. The van der Waals surface area contributed by atoms with Crippen LogP contribution < -0.4 is 10.6 Å². The second-order valence-electron chi connectivity index (χ2n) is 4.76. The van der Waals surface area contributed by atoms with Gasteiger partial charge in [-0.15, -0.1) is 0 Å². The van der Waals surface area contributed by atoms with Crippen LogP contribution in [0.4, 0.5) is 5.69 Å². The lowest BCUT2D eigenvalue weighted by Crippen LogP contribution is -2.39. The van der Waals surface area contributed by atoms with Crippen LogP contribution in [-0.2, 0) is 11.2 Å². The summed E-state index contributed by atoms with van der Waals surface area (Å²) in [7, 11) is 1.80. The number of hydrogen-bond donors (Lipinski definition) is 1. The van der Waals surface area contributed by atoms with Gasteiger partial charge in [-0.2, -0.15) is 0 Å². The van der Waals surface area contributed by atoms with E-state index in [2.05, 4.69) is 39.0 Å². The summed E-state index contributed by atoms with van der Waals surface area (Å²) in [6.07, 6.45) is 3.63. The van der Waals surface area contributed by atoms with E-state index in [0.29, 0.717) is 12.6 Å². The van der Waals surface area contributed by atoms with Gasteiger partial charge < -0.3 is 15.4 Å². The van der Waals surface area contributed by atoms with Gasteiger partial charge in [-0.05, 0) is 43.5 Å². The number of anilines is 1. The van der Waals surface area contributed by atoms with Crippen LogP contribution in [0.15, 0.2) is 22.7 Å². The van der Waals surface area contributed by atoms with Gasteiger partial charge in [-0.25, -0.2) is 0 Å². The summed E-state index contributed by atoms with van der Waals surface area (Å²) >= 11 is 3.56. The van der Waals surface area contributed by atoms with Crippen molar-refractivity contribution in [2.45, 2.75) is 25.4 Å². The number of piperidine rings is 1. The Balaban J connectivity index is 2.22. The fraction of sp³-hybridized carbons (Fsp3) is 0.571. The summed E-state index contributed by atoms with van der Waals surface area (Å²) in [6, 6.07) is 6.46. The van der Waals surface area contributed by atoms with E-state index in [1.165, 1.54) is 17.7 Å². The Morgan fingerprint density at radius 3 is 3.06 bits per heavy atom. The molecule has 0 aromatic heterocycles. The quantitative estimate of drug-likeness (QED) is 0.928. The van der Waals surface area contributed by atoms with Crippen LogP contribution in [0.5, 0.6) is 0 Å². The second-order valence-corrected chi connectivity index (χ2v) is 5.67. The normalized spacial score (nSPS) is 20.2. The molecule has 1 fully saturated rings. The number of halogens is 1. The van der Waals surface area contributed by atoms with Crippen molar-refractivity contribution in [1.29, 1.82) is 0 Å². The molecule has 0 radical (unpaired) electrons. The zero-order valence-electron chi connectivity index (χ0n) is 10.9. The summed E-state index contributed by atoms with van der Waals surface area (Å²) in [4.78, 5) is 2.42. The summed E-state index contributed by atoms with van der Waals surface area (Å²) in [5.41, 5.74) is 8.33. The maximum absolute atomic E-state index is 5.70. The summed E-state index contributed by atoms with van der Waals surface area (Å²) in [6.45, 7) is 2.77. The van der Waals surface area contributed by atoms with Crippen molar-refractivity contribution in [3.8, 4) is 0 Å². The molecule has 1 heterocycles. The molecule has 1 aliphatic heterocycles. The molecule has 0 spiro atoms. The summed E-state index contributed by atoms with van der Waals surface area (Å²) in [5, 5.41) is 0. The van der Waals surface area contributed by atoms with E-state index in [-0.39, 0.29) is 0 Å². The van der Waals surface area contributed by atoms with Gasteiger partial charge in [0.2, 0.25) is 0 Å². The molecule has 4 heteroatoms. The average Bonchev–Trinajstić information content (AvgIpc) is 2.41. The molecule has 1 aromatic carbocycles. The Labute approximate surface area is 117 Å². The van der Waals surface area contributed by atoms with Crippen molar-refractivity contribution in [2.75, 3.05) is 31.6 Å². The van der Waals surface area contributed by atoms with E-state index in [4.69, 9.17) is 10.5 Å². The number of nitrogens with two attached hydrogens (primary N) is 1. The van der Waals surface area contributed by atoms with Crippen molar-refractivity contribution in [3.05, 3.63) is 28.2 Å². The van der Waals surface area contributed by atoms with Crippen LogP contribution in [0.25, 0.3) is 0 Å². The minimum absolute atomic E-state index is 0.350. The minimum atomic E-state index is 0.350. The Hall–Kier alpha value is -0.580. The highest BCUT2D eigenvalue weighted by molar-refractivity contribution is 9.10. The topological polar surface area (TPSA) is 38.5 Å². The maximum Gasteiger partial charge on any atom is 0.0746 e. The number of rotatable bonds is 4. The number of methoxy groups -OCH3 is 1. The zero-order chi connectivity index (χ0) is 13.0. The third-order valence-corrected chi connectivity index (χ3v) is 4.01. The van der Waals surface area contributed by atoms with Crippen LogP contribution in [0, 0.1) is 0 Å². The lowest BCUT2D eigenvalue weighted by molar-refractivity contribution is 0.0893. The van der Waals surface area contributed by atoms with E-state index in [1.807, 2.05) is 0 Å². The first-order chi connectivity index (χ1) is 8.74. The number of nitrogens with zero attached hydrogens (tertiary/aromatic N) is 1. The Morgan fingerprint density at radius 2 is 2.33 bits per heavy atom. The lowest BCUT2D eigenvalue weighted by atomic mass is 10.0. The molecule has 0 bridgehead atoms. The molecule has 0 saturated carbocycles. The molecule has 0 aliphatic carbocycles. The molecular weight excluding hydrogens is 292 g/mol. The van der Waals surface area contributed by atoms with Crippen LogP contribution in [0.2, 0.25) is 0 Å². The molecule has 3 nitrogen and oxygen atoms in total. The highest BCUT2D eigenvalue weighted by Gasteiger charge is 2.21. The number of benzene rings is 1. The highest BCUT2D eigenvalue weighted by Crippen LogP contribution is 2.28. The van der Waals surface area contributed by atoms with E-state index in [0.717, 1.165) is 30.4 Å². The second kappa shape index (κ2) is 6.55. The molecular formula is C14H21BrN2O. The average molecular weight is 313 g/mol. The monoisotopic (exact) mass is 312 g/mol. The van der Waals surface area contributed by atoms with Gasteiger partial charge in [0.1, 0.15) is 0 Å². The first-order valence-electron chi connectivity index (χ1n) is 6.51. The van der Waals surface area contributed by atoms with Gasteiger partial charge in [0, 0.05) is 30.4 Å². The zero-order valence-corrected chi connectivity index (χ0v) is 12.4. The van der Waals surface area contributed by atoms with Crippen molar-refractivity contribution < 1.29 is 4.74 Å². The standard InChI is InChI=1S/C14H21BrN2O/c1-18-13-3-2-8-17(10-13)14-9-12(15)5-4-11(14)6-7-16/h4-5,9,13H,2-3,6-8,10,16H2,1H3. The Bertz CT molecular complexity index is 397. The van der Waals surface area contributed by atoms with Crippen molar-refractivity contribution in [3.63, 3.8) is 0 Å². The van der Waals surface area contributed by atoms with Gasteiger partial charge >= 0.3 is 0 Å². The van der Waals surface area contributed by atoms with E-state index < -0.39 is 0 Å². The molecule has 1 atom stereocenters. The van der Waals surface area contributed by atoms with Gasteiger partial charge in [-0.1, -0.05) is 22.0 Å². The van der Waals surface area contributed by atoms with Gasteiger partial charge in [0.15, 0.2) is 0 Å². The van der Waals surface area contributed by atoms with Gasteiger partial charge in [0.25, 0.3) is 0 Å². The van der Waals surface area contributed by atoms with Crippen molar-refractivity contribution in [1.82, 2.24) is 0 Å². The number of ether oxygens (including phenoxy) is 1. The molecule has 1 aromatic rings. The lowest BCUT2D eigenvalue weighted by Gasteiger charge is -2.35. The van der Waals surface area contributed by atoms with E-state index in [9.17, 15) is 0 Å². The predicted octanol–water partition coefficient (Wildman–Crippen LogP) is 2.57. The van der Waals surface area contributed by atoms with Crippen molar-refractivity contribution in [2.24, 2.45) is 5.73 Å². The fourth-order valence-electron chi connectivity index (χ4n) is 2.55. The molecule has 2 rings (SSSR count). The third-order valence-electron chi connectivity index (χ3n) is 3.51. The van der Waals surface area contributed by atoms with Crippen molar-refractivity contribution >= 4 is 21.6 Å². The molecule has 1 saturated heterocycles. The number of hydrogen-bond acceptors (Lipinski definition) is 3. The van der Waals surface area contributed by atoms with Crippen LogP contribution in [0.3, 0.4) is 0 Å². The Kier molecular flexibility index (Phi) is 5.03. The fourth-order valence-corrected chi connectivity index (χ4v) is 2.90. The third kappa shape index (κ3) is 3.25. The smallest absolute Gasteiger partial charge is 0.0746 e. The summed E-state index contributed by atoms with van der Waals surface area (Å²) < 4.78 is 6.62. The van der Waals surface area contributed by atoms with Crippen LogP contribution in [-0.4, -0.2) is 32.8 Å².